The second-order valence-electron chi connectivity index (χ2n) is 6.15. The quantitative estimate of drug-likeness (QED) is 0.385. The topological polar surface area (TPSA) is 25.8 Å². The fraction of sp³-hybridized carbons (Fsp3) is 0.412. The van der Waals surface area contributed by atoms with Crippen LogP contribution in [0.2, 0.25) is 10.2 Å². The molecule has 0 amide bonds. The normalized spacial score (nSPS) is 25.5. The summed E-state index contributed by atoms with van der Waals surface area (Å²) in [5.74, 6) is 0. The Morgan fingerprint density at radius 2 is 1.91 bits per heavy atom. The fourth-order valence-corrected chi connectivity index (χ4v) is 4.97. The standard InChI is InChI=1S/C17H15Cl2FN2S/c1-23-16-21-13-10(15(19)22-16)6-8-17(14(13)20)7-5-9-11(17)3-2-4-12(9)18/h2-4,14H,5-8H2,1H3/t14-,17-/m1/s1. The van der Waals surface area contributed by atoms with Crippen LogP contribution in [0.4, 0.5) is 4.39 Å². The second-order valence-corrected chi connectivity index (χ2v) is 7.69. The summed E-state index contributed by atoms with van der Waals surface area (Å²) in [6.07, 6.45) is 3.71. The van der Waals surface area contributed by atoms with Gasteiger partial charge in [-0.15, -0.1) is 0 Å². The molecular weight excluding hydrogens is 354 g/mol. The van der Waals surface area contributed by atoms with Crippen molar-refractivity contribution in [1.29, 1.82) is 0 Å². The maximum absolute atomic E-state index is 15.6. The minimum atomic E-state index is -1.17. The zero-order valence-electron chi connectivity index (χ0n) is 12.6. The molecule has 0 fully saturated rings. The molecule has 0 saturated heterocycles. The lowest BCUT2D eigenvalue weighted by atomic mass is 9.68. The van der Waals surface area contributed by atoms with Gasteiger partial charge in [0.25, 0.3) is 0 Å². The van der Waals surface area contributed by atoms with Crippen molar-refractivity contribution >= 4 is 35.0 Å². The fourth-order valence-electron chi connectivity index (χ4n) is 4.01. The van der Waals surface area contributed by atoms with Crippen molar-refractivity contribution in [3.63, 3.8) is 0 Å². The summed E-state index contributed by atoms with van der Waals surface area (Å²) < 4.78 is 15.6. The summed E-state index contributed by atoms with van der Waals surface area (Å²) in [6, 6.07) is 5.81. The van der Waals surface area contributed by atoms with Gasteiger partial charge < -0.3 is 0 Å². The van der Waals surface area contributed by atoms with Crippen LogP contribution in [0.3, 0.4) is 0 Å². The van der Waals surface area contributed by atoms with Crippen molar-refractivity contribution < 1.29 is 4.39 Å². The van der Waals surface area contributed by atoms with Gasteiger partial charge in [-0.05, 0) is 49.1 Å². The van der Waals surface area contributed by atoms with Gasteiger partial charge in [0.2, 0.25) is 0 Å². The molecule has 2 aliphatic carbocycles. The van der Waals surface area contributed by atoms with E-state index in [-0.39, 0.29) is 0 Å². The number of hydrogen-bond donors (Lipinski definition) is 0. The molecule has 2 aromatic rings. The van der Waals surface area contributed by atoms with Crippen molar-refractivity contribution in [2.24, 2.45) is 0 Å². The van der Waals surface area contributed by atoms with Gasteiger partial charge in [-0.2, -0.15) is 0 Å². The number of rotatable bonds is 1. The number of nitrogens with zero attached hydrogens (tertiary/aromatic N) is 2. The van der Waals surface area contributed by atoms with E-state index >= 15 is 4.39 Å². The molecule has 0 aliphatic heterocycles. The van der Waals surface area contributed by atoms with Gasteiger partial charge in [-0.3, -0.25) is 0 Å². The van der Waals surface area contributed by atoms with E-state index in [9.17, 15) is 0 Å². The number of halogens is 3. The molecule has 0 saturated carbocycles. The van der Waals surface area contributed by atoms with Crippen molar-refractivity contribution in [1.82, 2.24) is 9.97 Å². The van der Waals surface area contributed by atoms with Gasteiger partial charge in [-0.25, -0.2) is 14.4 Å². The summed E-state index contributed by atoms with van der Waals surface area (Å²) in [6.45, 7) is 0. The second kappa shape index (κ2) is 5.61. The Hall–Kier alpha value is -0.840. The Labute approximate surface area is 148 Å². The van der Waals surface area contributed by atoms with E-state index in [1.807, 2.05) is 24.5 Å². The maximum atomic E-state index is 15.6. The minimum absolute atomic E-state index is 0.390. The van der Waals surface area contributed by atoms with Crippen molar-refractivity contribution in [2.45, 2.75) is 42.4 Å². The van der Waals surface area contributed by atoms with Crippen LogP contribution >= 0.6 is 35.0 Å². The van der Waals surface area contributed by atoms with Crippen LogP contribution in [0.15, 0.2) is 23.4 Å². The number of aromatic nitrogens is 2. The molecule has 2 atom stereocenters. The van der Waals surface area contributed by atoms with Gasteiger partial charge in [0.05, 0.1) is 5.69 Å². The predicted molar refractivity (Wildman–Crippen MR) is 92.4 cm³/mol. The van der Waals surface area contributed by atoms with Crippen LogP contribution < -0.4 is 0 Å². The predicted octanol–water partition coefficient (Wildman–Crippen LogP) is 5.35. The molecule has 6 heteroatoms. The van der Waals surface area contributed by atoms with Crippen LogP contribution in [-0.2, 0) is 18.3 Å². The smallest absolute Gasteiger partial charge is 0.189 e. The molecule has 1 spiro atoms. The van der Waals surface area contributed by atoms with Crippen LogP contribution in [-0.4, -0.2) is 16.2 Å². The molecule has 0 radical (unpaired) electrons. The monoisotopic (exact) mass is 368 g/mol. The van der Waals surface area contributed by atoms with Crippen molar-refractivity contribution in [2.75, 3.05) is 6.26 Å². The number of thioether (sulfide) groups is 1. The van der Waals surface area contributed by atoms with Crippen LogP contribution in [0.5, 0.6) is 0 Å². The Morgan fingerprint density at radius 1 is 1.17 bits per heavy atom. The first-order chi connectivity index (χ1) is 11.1. The molecule has 120 valence electrons. The average molecular weight is 369 g/mol. The molecule has 1 aromatic heterocycles. The average Bonchev–Trinajstić information content (AvgIpc) is 2.92. The van der Waals surface area contributed by atoms with E-state index in [1.165, 1.54) is 11.8 Å². The number of alkyl halides is 1. The highest BCUT2D eigenvalue weighted by atomic mass is 35.5. The Balaban J connectivity index is 1.87. The molecule has 1 heterocycles. The summed E-state index contributed by atoms with van der Waals surface area (Å²) in [5.41, 5.74) is 2.83. The van der Waals surface area contributed by atoms with Crippen LogP contribution in [0, 0.1) is 0 Å². The van der Waals surface area contributed by atoms with E-state index in [4.69, 9.17) is 23.2 Å². The Morgan fingerprint density at radius 3 is 2.65 bits per heavy atom. The molecule has 1 aromatic carbocycles. The molecule has 2 nitrogen and oxygen atoms in total. The lowest BCUT2D eigenvalue weighted by Crippen LogP contribution is -2.35. The maximum Gasteiger partial charge on any atom is 0.189 e. The highest BCUT2D eigenvalue weighted by molar-refractivity contribution is 7.98. The van der Waals surface area contributed by atoms with Gasteiger partial charge in [0.15, 0.2) is 11.3 Å². The highest BCUT2D eigenvalue weighted by Gasteiger charge is 2.50. The van der Waals surface area contributed by atoms with Gasteiger partial charge >= 0.3 is 0 Å². The first-order valence-electron chi connectivity index (χ1n) is 7.59. The van der Waals surface area contributed by atoms with E-state index in [0.717, 1.165) is 41.0 Å². The third-order valence-corrected chi connectivity index (χ3v) is 6.39. The zero-order valence-corrected chi connectivity index (χ0v) is 14.9. The molecule has 0 unspecified atom stereocenters. The highest BCUT2D eigenvalue weighted by Crippen LogP contribution is 2.56. The molecule has 23 heavy (non-hydrogen) atoms. The Kier molecular flexibility index (Phi) is 3.82. The molecule has 2 aliphatic rings. The SMILES string of the molecule is CSc1nc(Cl)c2c(n1)[C@@H](F)[C@]1(CCc3c(Cl)cccc31)CC2. The molecule has 4 rings (SSSR count). The minimum Gasteiger partial charge on any atom is -0.240 e. The summed E-state index contributed by atoms with van der Waals surface area (Å²) in [4.78, 5) is 8.69. The molecular formula is C17H15Cl2FN2S. The van der Waals surface area contributed by atoms with E-state index in [2.05, 4.69) is 9.97 Å². The zero-order chi connectivity index (χ0) is 16.2. The Bertz CT molecular complexity index is 798. The van der Waals surface area contributed by atoms with Crippen molar-refractivity contribution in [3.05, 3.63) is 50.8 Å². The van der Waals surface area contributed by atoms with Crippen LogP contribution in [0.1, 0.15) is 41.4 Å². The third kappa shape index (κ3) is 2.22. The van der Waals surface area contributed by atoms with Gasteiger partial charge in [0.1, 0.15) is 5.15 Å². The summed E-state index contributed by atoms with van der Waals surface area (Å²) >= 11 is 14.0. The summed E-state index contributed by atoms with van der Waals surface area (Å²) in [5, 5.41) is 1.65. The first kappa shape index (κ1) is 15.7. The van der Waals surface area contributed by atoms with Crippen molar-refractivity contribution in [3.8, 4) is 0 Å². The largest absolute Gasteiger partial charge is 0.240 e. The lowest BCUT2D eigenvalue weighted by Gasteiger charge is -2.38. The first-order valence-corrected chi connectivity index (χ1v) is 9.57. The van der Waals surface area contributed by atoms with Crippen LogP contribution in [0.25, 0.3) is 0 Å². The van der Waals surface area contributed by atoms with E-state index in [0.29, 0.717) is 22.4 Å². The number of fused-ring (bicyclic) bond motifs is 3. The van der Waals surface area contributed by atoms with Gasteiger partial charge in [-0.1, -0.05) is 47.1 Å². The molecule has 0 N–H and O–H groups in total. The number of benzene rings is 1. The van der Waals surface area contributed by atoms with E-state index in [1.54, 1.807) is 0 Å². The van der Waals surface area contributed by atoms with E-state index < -0.39 is 11.6 Å². The van der Waals surface area contributed by atoms with Gasteiger partial charge in [0, 0.05) is 16.0 Å². The summed E-state index contributed by atoms with van der Waals surface area (Å²) in [7, 11) is 0. The lowest BCUT2D eigenvalue weighted by molar-refractivity contribution is 0.154. The third-order valence-electron chi connectivity index (χ3n) is 5.17. The molecule has 0 bridgehead atoms. The number of hydrogen-bond acceptors (Lipinski definition) is 3.